The molecule has 3 aromatic carbocycles. The van der Waals surface area contributed by atoms with Crippen LogP contribution in [0.25, 0.3) is 48.1 Å². The molecule has 10 heteroatoms. The van der Waals surface area contributed by atoms with Crippen molar-refractivity contribution >= 4 is 33.6 Å². The van der Waals surface area contributed by atoms with E-state index in [1.165, 1.54) is 24.3 Å². The van der Waals surface area contributed by atoms with E-state index in [1.807, 2.05) is 12.1 Å². The quantitative estimate of drug-likeness (QED) is 0.177. The van der Waals surface area contributed by atoms with E-state index in [0.29, 0.717) is 5.56 Å². The second-order valence-electron chi connectivity index (χ2n) is 9.12. The average Bonchev–Trinajstić information content (AvgIpc) is 3.49. The van der Waals surface area contributed by atoms with E-state index in [9.17, 15) is 33.3 Å². The van der Waals surface area contributed by atoms with Crippen LogP contribution in [0.15, 0.2) is 72.1 Å². The Morgan fingerprint density at radius 3 is 1.65 bits per heavy atom. The van der Waals surface area contributed by atoms with E-state index in [2.05, 4.69) is 14.5 Å². The molecule has 0 aromatic heterocycles. The van der Waals surface area contributed by atoms with Gasteiger partial charge >= 0.3 is 6.18 Å². The number of halogens is 4. The van der Waals surface area contributed by atoms with Crippen molar-refractivity contribution in [2.24, 2.45) is 0 Å². The number of alkyl halides is 3. The standard InChI is InChI=1S/C33H10F4N6/c1-41-26(15-39)30-22-13-24-23(12-21(22)25(14-38)28(30)17-4-8-19(9-5-17)33(35,36)37)31(27(16-40)42-2)29(32(24)43-3)18-6-10-20(34)11-7-18/h4-13H/b30-26+,31-27-. The van der Waals surface area contributed by atoms with Crippen LogP contribution in [0.5, 0.6) is 0 Å². The molecule has 0 atom stereocenters. The minimum Gasteiger partial charge on any atom is -0.237 e. The van der Waals surface area contributed by atoms with Gasteiger partial charge in [0.15, 0.2) is 0 Å². The summed E-state index contributed by atoms with van der Waals surface area (Å²) in [6.45, 7) is 23.2. The molecular formula is C33H10F4N6. The molecule has 0 saturated carbocycles. The summed E-state index contributed by atoms with van der Waals surface area (Å²) in [5.74, 6) is -0.544. The molecule has 3 aromatic rings. The van der Waals surface area contributed by atoms with Crippen molar-refractivity contribution in [2.75, 3.05) is 0 Å². The molecule has 0 unspecified atom stereocenters. The van der Waals surface area contributed by atoms with E-state index < -0.39 is 23.3 Å². The molecule has 0 radical (unpaired) electrons. The van der Waals surface area contributed by atoms with E-state index >= 15 is 0 Å². The van der Waals surface area contributed by atoms with Crippen LogP contribution >= 0.6 is 0 Å². The van der Waals surface area contributed by atoms with Crippen LogP contribution in [0.3, 0.4) is 0 Å². The minimum absolute atomic E-state index is 0.00221. The van der Waals surface area contributed by atoms with Gasteiger partial charge in [0.2, 0.25) is 5.70 Å². The number of hydrogen-bond acceptors (Lipinski definition) is 3. The maximum atomic E-state index is 13.8. The van der Waals surface area contributed by atoms with Crippen LogP contribution in [-0.4, -0.2) is 0 Å². The lowest BCUT2D eigenvalue weighted by atomic mass is 9.92. The Morgan fingerprint density at radius 2 is 1.16 bits per heavy atom. The summed E-state index contributed by atoms with van der Waals surface area (Å²) in [5.41, 5.74) is -0.0165. The second-order valence-corrected chi connectivity index (χ2v) is 9.12. The van der Waals surface area contributed by atoms with Crippen LogP contribution in [0, 0.1) is 59.5 Å². The lowest BCUT2D eigenvalue weighted by molar-refractivity contribution is -0.137. The highest BCUT2D eigenvalue weighted by Crippen LogP contribution is 2.55. The Labute approximate surface area is 242 Å². The number of rotatable bonds is 2. The number of allylic oxidation sites excluding steroid dienone is 7. The molecule has 0 heterocycles. The Hall–Kier alpha value is -6.72. The summed E-state index contributed by atoms with van der Waals surface area (Å²) in [5, 5.41) is 29.9. The van der Waals surface area contributed by atoms with Crippen LogP contribution in [0.1, 0.15) is 38.9 Å². The third kappa shape index (κ3) is 4.30. The number of fused-ring (bicyclic) bond motifs is 2. The summed E-state index contributed by atoms with van der Waals surface area (Å²) in [4.78, 5) is 10.3. The fourth-order valence-electron chi connectivity index (χ4n) is 5.21. The van der Waals surface area contributed by atoms with Crippen molar-refractivity contribution in [1.29, 1.82) is 15.8 Å². The Bertz CT molecular complexity index is 2120. The van der Waals surface area contributed by atoms with Crippen molar-refractivity contribution in [1.82, 2.24) is 0 Å². The van der Waals surface area contributed by atoms with Crippen LogP contribution in [0.2, 0.25) is 0 Å². The SMILES string of the molecule is [C-]#[N+]C1=C(c2ccc(F)cc2)/C(=C(/C#N)[N+]#[C-])c2cc3c(cc21)/C(=C(/C#N)[N+]#[C-])C(c1ccc(C(F)(F)F)cc1)=C3C#N. The van der Waals surface area contributed by atoms with Gasteiger partial charge in [-0.2, -0.15) is 18.4 Å². The molecule has 43 heavy (non-hydrogen) atoms. The molecule has 0 spiro atoms. The molecule has 0 bridgehead atoms. The van der Waals surface area contributed by atoms with Gasteiger partial charge in [0.05, 0.1) is 43.0 Å². The summed E-state index contributed by atoms with van der Waals surface area (Å²) in [6.07, 6.45) is -4.62. The lowest BCUT2D eigenvalue weighted by Gasteiger charge is -2.12. The summed E-state index contributed by atoms with van der Waals surface area (Å²) in [6, 6.07) is 17.7. The van der Waals surface area contributed by atoms with Gasteiger partial charge in [-0.25, -0.2) is 29.4 Å². The first kappa shape index (κ1) is 27.8. The van der Waals surface area contributed by atoms with Crippen molar-refractivity contribution in [3.63, 3.8) is 0 Å². The Kier molecular flexibility index (Phi) is 6.70. The number of nitriles is 3. The molecule has 2 aliphatic rings. The third-order valence-electron chi connectivity index (χ3n) is 6.97. The van der Waals surface area contributed by atoms with E-state index in [1.54, 1.807) is 6.07 Å². The maximum absolute atomic E-state index is 13.8. The molecule has 200 valence electrons. The van der Waals surface area contributed by atoms with Gasteiger partial charge in [0, 0.05) is 5.57 Å². The minimum atomic E-state index is -4.62. The van der Waals surface area contributed by atoms with Crippen LogP contribution < -0.4 is 0 Å². The summed E-state index contributed by atoms with van der Waals surface area (Å²) < 4.78 is 53.5. The molecular weight excluding hydrogens is 556 g/mol. The molecule has 6 nitrogen and oxygen atoms in total. The van der Waals surface area contributed by atoms with Gasteiger partial charge in [-0.3, -0.25) is 0 Å². The van der Waals surface area contributed by atoms with E-state index in [0.717, 1.165) is 36.4 Å². The smallest absolute Gasteiger partial charge is 0.237 e. The monoisotopic (exact) mass is 566 g/mol. The topological polar surface area (TPSA) is 84.4 Å². The lowest BCUT2D eigenvalue weighted by Crippen LogP contribution is -2.04. The van der Waals surface area contributed by atoms with E-state index in [4.69, 9.17) is 19.7 Å². The summed E-state index contributed by atoms with van der Waals surface area (Å²) >= 11 is 0. The number of nitrogens with zero attached hydrogens (tertiary/aromatic N) is 6. The fourth-order valence-corrected chi connectivity index (χ4v) is 5.21. The van der Waals surface area contributed by atoms with Crippen molar-refractivity contribution < 1.29 is 17.6 Å². The third-order valence-corrected chi connectivity index (χ3v) is 6.97. The molecule has 0 aliphatic heterocycles. The van der Waals surface area contributed by atoms with Crippen molar-refractivity contribution in [2.45, 2.75) is 6.18 Å². The van der Waals surface area contributed by atoms with Crippen molar-refractivity contribution in [3.8, 4) is 18.2 Å². The predicted molar refractivity (Wildman–Crippen MR) is 148 cm³/mol. The number of benzene rings is 3. The number of hydrogen-bond donors (Lipinski definition) is 0. The average molecular weight is 566 g/mol. The molecule has 0 amide bonds. The van der Waals surface area contributed by atoms with Crippen molar-refractivity contribution in [3.05, 3.63) is 151 Å². The largest absolute Gasteiger partial charge is 0.416 e. The first-order valence-electron chi connectivity index (χ1n) is 12.1. The van der Waals surface area contributed by atoms with Gasteiger partial charge < -0.3 is 0 Å². The second kappa shape index (κ2) is 10.4. The predicted octanol–water partition coefficient (Wildman–Crippen LogP) is 8.40. The normalized spacial score (nSPS) is 15.7. The van der Waals surface area contributed by atoms with Crippen LogP contribution in [0.4, 0.5) is 17.6 Å². The van der Waals surface area contributed by atoms with Gasteiger partial charge in [-0.1, -0.05) is 30.3 Å². The zero-order valence-electron chi connectivity index (χ0n) is 21.5. The molecule has 0 N–H and O–H groups in total. The highest BCUT2D eigenvalue weighted by atomic mass is 19.4. The maximum Gasteiger partial charge on any atom is 0.416 e. The molecule has 0 saturated heterocycles. The van der Waals surface area contributed by atoms with Crippen LogP contribution in [-0.2, 0) is 6.18 Å². The van der Waals surface area contributed by atoms with Gasteiger partial charge in [-0.05, 0) is 80.4 Å². The van der Waals surface area contributed by atoms with Gasteiger partial charge in [0.25, 0.3) is 11.4 Å². The zero-order valence-corrected chi connectivity index (χ0v) is 21.5. The first-order valence-corrected chi connectivity index (χ1v) is 12.1. The molecule has 0 fully saturated rings. The van der Waals surface area contributed by atoms with E-state index in [-0.39, 0.29) is 67.1 Å². The van der Waals surface area contributed by atoms with Gasteiger partial charge in [0.1, 0.15) is 11.9 Å². The zero-order chi connectivity index (χ0) is 31.1. The highest BCUT2D eigenvalue weighted by Gasteiger charge is 2.37. The highest BCUT2D eigenvalue weighted by molar-refractivity contribution is 6.29. The first-order chi connectivity index (χ1) is 20.6. The molecule has 2 aliphatic carbocycles. The van der Waals surface area contributed by atoms with Gasteiger partial charge in [-0.15, -0.1) is 0 Å². The Morgan fingerprint density at radius 1 is 0.674 bits per heavy atom. The summed E-state index contributed by atoms with van der Waals surface area (Å²) in [7, 11) is 0. The molecule has 5 rings (SSSR count). The Balaban J connectivity index is 1.88. The fraction of sp³-hybridized carbons (Fsp3) is 0.0303.